The molecule has 1 aliphatic carbocycles. The Hall–Kier alpha value is -3.20. The number of benzene rings is 1. The van der Waals surface area contributed by atoms with Gasteiger partial charge < -0.3 is 10.6 Å². The fraction of sp³-hybridized carbons (Fsp3) is 0.300. The third-order valence-corrected chi connectivity index (χ3v) is 4.72. The van der Waals surface area contributed by atoms with Gasteiger partial charge in [0.25, 0.3) is 0 Å². The lowest BCUT2D eigenvalue weighted by molar-refractivity contribution is -0.136. The predicted molar refractivity (Wildman–Crippen MR) is 97.9 cm³/mol. The number of nitriles is 1. The van der Waals surface area contributed by atoms with E-state index in [9.17, 15) is 9.59 Å². The zero-order valence-corrected chi connectivity index (χ0v) is 14.6. The van der Waals surface area contributed by atoms with E-state index < -0.39 is 11.8 Å². The quantitative estimate of drug-likeness (QED) is 0.812. The molecule has 0 radical (unpaired) electrons. The number of carbonyl (C=O) groups is 2. The van der Waals surface area contributed by atoms with Crippen molar-refractivity contribution in [2.24, 2.45) is 5.41 Å². The summed E-state index contributed by atoms with van der Waals surface area (Å²) in [5, 5.41) is 14.1. The van der Waals surface area contributed by atoms with Crippen molar-refractivity contribution < 1.29 is 9.59 Å². The predicted octanol–water partition coefficient (Wildman–Crippen LogP) is 2.81. The van der Waals surface area contributed by atoms with E-state index in [1.54, 1.807) is 18.5 Å². The monoisotopic (exact) mass is 348 g/mol. The van der Waals surface area contributed by atoms with Crippen LogP contribution in [0.3, 0.4) is 0 Å². The molecule has 0 bridgehead atoms. The number of hydrogen-bond donors (Lipinski definition) is 2. The first-order valence-corrected chi connectivity index (χ1v) is 8.50. The third kappa shape index (κ3) is 4.06. The van der Waals surface area contributed by atoms with Gasteiger partial charge in [0.1, 0.15) is 0 Å². The molecule has 3 rings (SSSR count). The molecule has 132 valence electrons. The van der Waals surface area contributed by atoms with Crippen molar-refractivity contribution >= 4 is 17.5 Å². The van der Waals surface area contributed by atoms with E-state index in [4.69, 9.17) is 5.26 Å². The van der Waals surface area contributed by atoms with Gasteiger partial charge in [0, 0.05) is 36.5 Å². The van der Waals surface area contributed by atoms with E-state index in [0.717, 1.165) is 29.5 Å². The smallest absolute Gasteiger partial charge is 0.313 e. The molecular formula is C20H20N4O2. The first-order chi connectivity index (χ1) is 12.5. The molecule has 2 aromatic rings. The SMILES string of the molecule is Cc1cc(NC(=O)C(=O)NCC2(CC#N)CC2)ccc1-c1ccncc1. The van der Waals surface area contributed by atoms with Crippen molar-refractivity contribution in [3.05, 3.63) is 48.3 Å². The molecule has 1 aromatic heterocycles. The molecule has 1 saturated carbocycles. The summed E-state index contributed by atoms with van der Waals surface area (Å²) in [6.07, 6.45) is 5.70. The molecule has 2 amide bonds. The number of rotatable bonds is 5. The number of nitrogens with zero attached hydrogens (tertiary/aromatic N) is 2. The molecule has 0 saturated heterocycles. The second-order valence-corrected chi connectivity index (χ2v) is 6.74. The van der Waals surface area contributed by atoms with Crippen LogP contribution in [0.4, 0.5) is 5.69 Å². The van der Waals surface area contributed by atoms with Gasteiger partial charge in [0.2, 0.25) is 0 Å². The summed E-state index contributed by atoms with van der Waals surface area (Å²) in [4.78, 5) is 28.1. The number of nitrogens with one attached hydrogen (secondary N) is 2. The summed E-state index contributed by atoms with van der Waals surface area (Å²) in [5.41, 5.74) is 3.51. The highest BCUT2D eigenvalue weighted by Gasteiger charge is 2.42. The number of aryl methyl sites for hydroxylation is 1. The van der Waals surface area contributed by atoms with Gasteiger partial charge in [-0.3, -0.25) is 14.6 Å². The summed E-state index contributed by atoms with van der Waals surface area (Å²) in [6, 6.07) is 11.5. The maximum absolute atomic E-state index is 12.1. The highest BCUT2D eigenvalue weighted by Crippen LogP contribution is 2.47. The van der Waals surface area contributed by atoms with Crippen LogP contribution in [0.2, 0.25) is 0 Å². The minimum Gasteiger partial charge on any atom is -0.347 e. The Morgan fingerprint density at radius 3 is 2.54 bits per heavy atom. The van der Waals surface area contributed by atoms with Gasteiger partial charge >= 0.3 is 11.8 Å². The fourth-order valence-corrected chi connectivity index (χ4v) is 2.89. The molecule has 0 atom stereocenters. The zero-order chi connectivity index (χ0) is 18.6. The fourth-order valence-electron chi connectivity index (χ4n) is 2.89. The van der Waals surface area contributed by atoms with Crippen LogP contribution in [0.1, 0.15) is 24.8 Å². The largest absolute Gasteiger partial charge is 0.347 e. The molecule has 1 aliphatic rings. The van der Waals surface area contributed by atoms with Gasteiger partial charge in [-0.1, -0.05) is 6.07 Å². The highest BCUT2D eigenvalue weighted by atomic mass is 16.2. The number of anilines is 1. The molecule has 26 heavy (non-hydrogen) atoms. The molecule has 6 heteroatoms. The van der Waals surface area contributed by atoms with Crippen molar-refractivity contribution in [2.75, 3.05) is 11.9 Å². The van der Waals surface area contributed by atoms with Crippen LogP contribution in [0, 0.1) is 23.7 Å². The first kappa shape index (κ1) is 17.6. The maximum Gasteiger partial charge on any atom is 0.313 e. The molecule has 6 nitrogen and oxygen atoms in total. The molecule has 0 unspecified atom stereocenters. The van der Waals surface area contributed by atoms with Gasteiger partial charge in [0.05, 0.1) is 6.07 Å². The van der Waals surface area contributed by atoms with E-state index in [1.807, 2.05) is 31.2 Å². The molecule has 2 N–H and O–H groups in total. The van der Waals surface area contributed by atoms with Gasteiger partial charge in [-0.15, -0.1) is 0 Å². The van der Waals surface area contributed by atoms with Crippen LogP contribution in [-0.4, -0.2) is 23.3 Å². The second kappa shape index (κ2) is 7.36. The van der Waals surface area contributed by atoms with Gasteiger partial charge in [-0.25, -0.2) is 0 Å². The molecular weight excluding hydrogens is 328 g/mol. The molecule has 0 spiro atoms. The average Bonchev–Trinajstić information content (AvgIpc) is 3.41. The summed E-state index contributed by atoms with van der Waals surface area (Å²) in [5.74, 6) is -1.38. The lowest BCUT2D eigenvalue weighted by atomic mass is 10.0. The van der Waals surface area contributed by atoms with Crippen LogP contribution in [-0.2, 0) is 9.59 Å². The van der Waals surface area contributed by atoms with Gasteiger partial charge in [-0.2, -0.15) is 5.26 Å². The summed E-state index contributed by atoms with van der Waals surface area (Å²) in [7, 11) is 0. The number of aromatic nitrogens is 1. The minimum atomic E-state index is -0.700. The summed E-state index contributed by atoms with van der Waals surface area (Å²) >= 11 is 0. The lowest BCUT2D eigenvalue weighted by Crippen LogP contribution is -2.38. The molecule has 1 aromatic carbocycles. The number of pyridine rings is 1. The van der Waals surface area contributed by atoms with Crippen LogP contribution < -0.4 is 10.6 Å². The van der Waals surface area contributed by atoms with Crippen LogP contribution >= 0.6 is 0 Å². The Morgan fingerprint density at radius 2 is 1.92 bits per heavy atom. The zero-order valence-electron chi connectivity index (χ0n) is 14.6. The molecule has 0 aliphatic heterocycles. The normalized spacial score (nSPS) is 14.2. The van der Waals surface area contributed by atoms with Crippen LogP contribution in [0.5, 0.6) is 0 Å². The van der Waals surface area contributed by atoms with E-state index in [2.05, 4.69) is 21.7 Å². The maximum atomic E-state index is 12.1. The second-order valence-electron chi connectivity index (χ2n) is 6.74. The Labute approximate surface area is 152 Å². The van der Waals surface area contributed by atoms with E-state index in [0.29, 0.717) is 18.7 Å². The topological polar surface area (TPSA) is 94.9 Å². The van der Waals surface area contributed by atoms with Crippen molar-refractivity contribution in [3.8, 4) is 17.2 Å². The summed E-state index contributed by atoms with van der Waals surface area (Å²) in [6.45, 7) is 2.32. The minimum absolute atomic E-state index is 0.131. The van der Waals surface area contributed by atoms with Gasteiger partial charge in [0.15, 0.2) is 0 Å². The van der Waals surface area contributed by atoms with Gasteiger partial charge in [-0.05, 0) is 60.7 Å². The third-order valence-electron chi connectivity index (χ3n) is 4.72. The molecule has 1 heterocycles. The van der Waals surface area contributed by atoms with E-state index in [-0.39, 0.29) is 5.41 Å². The Bertz CT molecular complexity index is 867. The first-order valence-electron chi connectivity index (χ1n) is 8.50. The van der Waals surface area contributed by atoms with Crippen LogP contribution in [0.15, 0.2) is 42.7 Å². The van der Waals surface area contributed by atoms with Crippen LogP contribution in [0.25, 0.3) is 11.1 Å². The number of amides is 2. The average molecular weight is 348 g/mol. The van der Waals surface area contributed by atoms with Crippen molar-refractivity contribution in [2.45, 2.75) is 26.2 Å². The Balaban J connectivity index is 1.60. The highest BCUT2D eigenvalue weighted by molar-refractivity contribution is 6.39. The standard InChI is InChI=1S/C20H20N4O2/c1-14-12-16(2-3-17(14)15-4-10-22-11-5-15)24-19(26)18(25)23-13-20(6-7-20)8-9-21/h2-5,10-12H,6-8,13H2,1H3,(H,23,25)(H,24,26). The number of carbonyl (C=O) groups excluding carboxylic acids is 2. The Morgan fingerprint density at radius 1 is 1.19 bits per heavy atom. The van der Waals surface area contributed by atoms with Crippen molar-refractivity contribution in [1.29, 1.82) is 5.26 Å². The molecule has 1 fully saturated rings. The summed E-state index contributed by atoms with van der Waals surface area (Å²) < 4.78 is 0. The lowest BCUT2D eigenvalue weighted by Gasteiger charge is -2.13. The van der Waals surface area contributed by atoms with Crippen molar-refractivity contribution in [1.82, 2.24) is 10.3 Å². The van der Waals surface area contributed by atoms with E-state index >= 15 is 0 Å². The number of hydrogen-bond acceptors (Lipinski definition) is 4. The Kier molecular flexibility index (Phi) is 4.99. The van der Waals surface area contributed by atoms with E-state index in [1.165, 1.54) is 0 Å². The van der Waals surface area contributed by atoms with Crippen molar-refractivity contribution in [3.63, 3.8) is 0 Å².